The topological polar surface area (TPSA) is 83.5 Å². The fourth-order valence-electron chi connectivity index (χ4n) is 7.28. The van der Waals surface area contributed by atoms with Crippen molar-refractivity contribution in [1.29, 1.82) is 0 Å². The molecule has 25 heavy (non-hydrogen) atoms. The second-order valence-corrected chi connectivity index (χ2v) is 9.42. The lowest BCUT2D eigenvalue weighted by Gasteiger charge is -2.60. The smallest absolute Gasteiger partial charge is 0.372 e. The summed E-state index contributed by atoms with van der Waals surface area (Å²) in [6, 6.07) is 0.289. The SMILES string of the molecule is C[C@]12CCC3C(CC[C@@H]4NC(=O)CC[C@]34C)C1CC[C@@H]2C(=O)C(=O)O. The Kier molecular flexibility index (Phi) is 3.79. The Morgan fingerprint density at radius 3 is 2.44 bits per heavy atom. The number of aliphatic carboxylic acids is 1. The van der Waals surface area contributed by atoms with E-state index in [1.165, 1.54) is 0 Å². The molecule has 3 aliphatic carbocycles. The highest BCUT2D eigenvalue weighted by Crippen LogP contribution is 2.65. The lowest BCUT2D eigenvalue weighted by molar-refractivity contribution is -0.155. The maximum absolute atomic E-state index is 12.2. The van der Waals surface area contributed by atoms with Crippen molar-refractivity contribution in [3.8, 4) is 0 Å². The maximum Gasteiger partial charge on any atom is 0.372 e. The first-order valence-electron chi connectivity index (χ1n) is 9.84. The predicted molar refractivity (Wildman–Crippen MR) is 91.7 cm³/mol. The highest BCUT2D eigenvalue weighted by Gasteiger charge is 2.61. The molecule has 3 unspecified atom stereocenters. The summed E-state index contributed by atoms with van der Waals surface area (Å²) in [6.07, 6.45) is 7.42. The van der Waals surface area contributed by atoms with Gasteiger partial charge in [-0.15, -0.1) is 0 Å². The minimum absolute atomic E-state index is 0.155. The van der Waals surface area contributed by atoms with Crippen molar-refractivity contribution < 1.29 is 19.5 Å². The van der Waals surface area contributed by atoms with Crippen molar-refractivity contribution in [2.24, 2.45) is 34.5 Å². The van der Waals surface area contributed by atoms with Crippen molar-refractivity contribution in [3.63, 3.8) is 0 Å². The first kappa shape index (κ1) is 17.0. The number of amides is 1. The molecule has 5 nitrogen and oxygen atoms in total. The van der Waals surface area contributed by atoms with Gasteiger partial charge in [0, 0.05) is 18.4 Å². The third-order valence-electron chi connectivity index (χ3n) is 8.62. The maximum atomic E-state index is 12.2. The highest BCUT2D eigenvalue weighted by molar-refractivity contribution is 6.33. The molecule has 0 aromatic heterocycles. The molecule has 0 spiro atoms. The number of carboxylic acid groups (broad SMARTS) is 1. The Morgan fingerprint density at radius 2 is 1.72 bits per heavy atom. The number of hydrogen-bond donors (Lipinski definition) is 2. The number of fused-ring (bicyclic) bond motifs is 5. The zero-order chi connectivity index (χ0) is 18.0. The lowest BCUT2D eigenvalue weighted by atomic mass is 9.47. The monoisotopic (exact) mass is 347 g/mol. The molecule has 0 radical (unpaired) electrons. The average molecular weight is 347 g/mol. The van der Waals surface area contributed by atoms with Crippen molar-refractivity contribution in [1.82, 2.24) is 5.32 Å². The standard InChI is InChI=1S/C20H29NO4/c1-19-9-7-13-11(12(19)4-5-14(19)17(23)18(24)25)3-6-15-20(13,2)10-8-16(22)21-15/h11-15H,3-10H2,1-2H3,(H,21,22)(H,24,25)/t11?,12?,13?,14-,15+,19+,20-/m1/s1. The van der Waals surface area contributed by atoms with Gasteiger partial charge in [-0.25, -0.2) is 4.79 Å². The number of carbonyl (C=O) groups is 3. The number of nitrogens with one attached hydrogen (secondary N) is 1. The van der Waals surface area contributed by atoms with Crippen molar-refractivity contribution >= 4 is 17.7 Å². The molecule has 0 aromatic rings. The molecule has 4 rings (SSSR count). The van der Waals surface area contributed by atoms with Gasteiger partial charge < -0.3 is 10.4 Å². The Labute approximate surface area is 148 Å². The number of carbonyl (C=O) groups excluding carboxylic acids is 2. The molecule has 1 amide bonds. The Bertz CT molecular complexity index is 631. The molecule has 1 heterocycles. The van der Waals surface area contributed by atoms with Gasteiger partial charge >= 0.3 is 5.97 Å². The number of carboxylic acids is 1. The Morgan fingerprint density at radius 1 is 1.00 bits per heavy atom. The van der Waals surface area contributed by atoms with Crippen LogP contribution < -0.4 is 5.32 Å². The summed E-state index contributed by atoms with van der Waals surface area (Å²) >= 11 is 0. The number of piperidine rings is 1. The summed E-state index contributed by atoms with van der Waals surface area (Å²) in [6.45, 7) is 4.52. The number of Topliss-reactive ketones (excluding diaryl/α,β-unsaturated/α-hetero) is 1. The van der Waals surface area contributed by atoms with E-state index < -0.39 is 11.8 Å². The Balaban J connectivity index is 1.61. The minimum atomic E-state index is -1.26. The zero-order valence-electron chi connectivity index (χ0n) is 15.2. The van der Waals surface area contributed by atoms with E-state index in [-0.39, 0.29) is 28.7 Å². The van der Waals surface area contributed by atoms with Gasteiger partial charge in [0.25, 0.3) is 0 Å². The van der Waals surface area contributed by atoms with Crippen LogP contribution in [0.15, 0.2) is 0 Å². The van der Waals surface area contributed by atoms with Gasteiger partial charge in [-0.3, -0.25) is 9.59 Å². The second kappa shape index (κ2) is 5.55. The van der Waals surface area contributed by atoms with E-state index in [0.717, 1.165) is 44.9 Å². The van der Waals surface area contributed by atoms with Gasteiger partial charge in [-0.1, -0.05) is 13.8 Å². The van der Waals surface area contributed by atoms with E-state index >= 15 is 0 Å². The van der Waals surface area contributed by atoms with Crippen LogP contribution in [0.2, 0.25) is 0 Å². The van der Waals surface area contributed by atoms with Crippen LogP contribution in [0.1, 0.15) is 65.2 Å². The summed E-state index contributed by atoms with van der Waals surface area (Å²) in [5.41, 5.74) is 0.00476. The van der Waals surface area contributed by atoms with Gasteiger partial charge in [0.1, 0.15) is 0 Å². The van der Waals surface area contributed by atoms with Crippen molar-refractivity contribution in [3.05, 3.63) is 0 Å². The van der Waals surface area contributed by atoms with Crippen LogP contribution in [0.25, 0.3) is 0 Å². The van der Waals surface area contributed by atoms with Crippen LogP contribution in [0, 0.1) is 34.5 Å². The number of rotatable bonds is 2. The fourth-order valence-corrected chi connectivity index (χ4v) is 7.28. The first-order valence-corrected chi connectivity index (χ1v) is 9.84. The highest BCUT2D eigenvalue weighted by atomic mass is 16.4. The summed E-state index contributed by atoms with van der Waals surface area (Å²) in [4.78, 5) is 35.3. The summed E-state index contributed by atoms with van der Waals surface area (Å²) in [7, 11) is 0. The van der Waals surface area contributed by atoms with Crippen LogP contribution in [-0.4, -0.2) is 28.8 Å². The van der Waals surface area contributed by atoms with Gasteiger partial charge in [-0.2, -0.15) is 0 Å². The molecular weight excluding hydrogens is 318 g/mol. The second-order valence-electron chi connectivity index (χ2n) is 9.42. The summed E-state index contributed by atoms with van der Waals surface area (Å²) < 4.78 is 0. The van der Waals surface area contributed by atoms with Crippen LogP contribution in [0.3, 0.4) is 0 Å². The van der Waals surface area contributed by atoms with E-state index in [0.29, 0.717) is 24.2 Å². The van der Waals surface area contributed by atoms with E-state index in [1.54, 1.807) is 0 Å². The molecule has 4 fully saturated rings. The largest absolute Gasteiger partial charge is 0.475 e. The van der Waals surface area contributed by atoms with Crippen molar-refractivity contribution in [2.75, 3.05) is 0 Å². The average Bonchev–Trinajstić information content (AvgIpc) is 2.92. The minimum Gasteiger partial charge on any atom is -0.475 e. The van der Waals surface area contributed by atoms with E-state index in [4.69, 9.17) is 0 Å². The molecule has 1 aliphatic heterocycles. The fraction of sp³-hybridized carbons (Fsp3) is 0.850. The molecule has 5 heteroatoms. The molecule has 0 aromatic carbocycles. The summed E-state index contributed by atoms with van der Waals surface area (Å²) in [5, 5.41) is 12.4. The molecule has 2 N–H and O–H groups in total. The normalized spacial score (nSPS) is 48.7. The molecule has 1 saturated heterocycles. The van der Waals surface area contributed by atoms with Crippen LogP contribution in [0.4, 0.5) is 0 Å². The number of ketones is 1. The molecule has 4 aliphatic rings. The molecular formula is C20H29NO4. The van der Waals surface area contributed by atoms with Gasteiger partial charge in [-0.05, 0) is 73.5 Å². The predicted octanol–water partition coefficient (Wildman–Crippen LogP) is 2.78. The third-order valence-corrected chi connectivity index (χ3v) is 8.62. The van der Waals surface area contributed by atoms with Crippen LogP contribution in [0.5, 0.6) is 0 Å². The molecule has 138 valence electrons. The van der Waals surface area contributed by atoms with Crippen LogP contribution in [-0.2, 0) is 14.4 Å². The first-order chi connectivity index (χ1) is 11.8. The molecule has 7 atom stereocenters. The lowest BCUT2D eigenvalue weighted by Crippen LogP contribution is -2.61. The molecule has 0 bridgehead atoms. The van der Waals surface area contributed by atoms with Crippen LogP contribution >= 0.6 is 0 Å². The van der Waals surface area contributed by atoms with E-state index in [1.807, 2.05) is 0 Å². The van der Waals surface area contributed by atoms with E-state index in [9.17, 15) is 19.5 Å². The van der Waals surface area contributed by atoms with Gasteiger partial charge in [0.05, 0.1) is 0 Å². The Hall–Kier alpha value is -1.39. The number of hydrogen-bond acceptors (Lipinski definition) is 3. The third kappa shape index (κ3) is 2.30. The molecule has 3 saturated carbocycles. The van der Waals surface area contributed by atoms with Crippen molar-refractivity contribution in [2.45, 2.75) is 71.3 Å². The quantitative estimate of drug-likeness (QED) is 0.753. The van der Waals surface area contributed by atoms with E-state index in [2.05, 4.69) is 19.2 Å². The zero-order valence-corrected chi connectivity index (χ0v) is 15.2. The summed E-state index contributed by atoms with van der Waals surface area (Å²) in [5.74, 6) is -0.352. The van der Waals surface area contributed by atoms with Gasteiger partial charge in [0.2, 0.25) is 11.7 Å². The van der Waals surface area contributed by atoms with Gasteiger partial charge in [0.15, 0.2) is 0 Å².